The van der Waals surface area contributed by atoms with E-state index in [-0.39, 0.29) is 5.54 Å². The molecule has 3 atom stereocenters. The van der Waals surface area contributed by atoms with Gasteiger partial charge in [-0.2, -0.15) is 0 Å². The van der Waals surface area contributed by atoms with Gasteiger partial charge in [0.05, 0.1) is 6.61 Å². The first-order valence-corrected chi connectivity index (χ1v) is 8.33. The number of hydrogen-bond donors (Lipinski definition) is 2. The molecule has 0 aromatic rings. The molecular formula is C16H30N2O. The van der Waals surface area contributed by atoms with Crippen molar-refractivity contribution in [1.82, 2.24) is 10.2 Å². The minimum Gasteiger partial charge on any atom is -0.394 e. The van der Waals surface area contributed by atoms with Crippen molar-refractivity contribution in [3.8, 4) is 0 Å². The average molecular weight is 266 g/mol. The van der Waals surface area contributed by atoms with Crippen molar-refractivity contribution in [2.45, 2.75) is 75.9 Å². The molecule has 3 nitrogen and oxygen atoms in total. The Labute approximate surface area is 117 Å². The zero-order chi connectivity index (χ0) is 13.3. The van der Waals surface area contributed by atoms with Gasteiger partial charge in [-0.1, -0.05) is 6.92 Å². The van der Waals surface area contributed by atoms with E-state index in [9.17, 15) is 5.11 Å². The van der Waals surface area contributed by atoms with Crippen molar-refractivity contribution in [3.63, 3.8) is 0 Å². The lowest BCUT2D eigenvalue weighted by Crippen LogP contribution is -2.57. The van der Waals surface area contributed by atoms with Crippen molar-refractivity contribution in [2.24, 2.45) is 5.92 Å². The largest absolute Gasteiger partial charge is 0.394 e. The number of hydrogen-bond acceptors (Lipinski definition) is 3. The lowest BCUT2D eigenvalue weighted by Gasteiger charge is -2.46. The summed E-state index contributed by atoms with van der Waals surface area (Å²) >= 11 is 0. The first-order valence-electron chi connectivity index (χ1n) is 8.33. The number of nitrogens with zero attached hydrogens (tertiary/aromatic N) is 1. The molecule has 2 saturated carbocycles. The number of aliphatic hydroxyl groups is 1. The molecule has 1 heterocycles. The van der Waals surface area contributed by atoms with Gasteiger partial charge in [-0.3, -0.25) is 0 Å². The van der Waals surface area contributed by atoms with Crippen molar-refractivity contribution >= 4 is 0 Å². The summed E-state index contributed by atoms with van der Waals surface area (Å²) in [5.41, 5.74) is 0.0325. The third-order valence-electron chi connectivity index (χ3n) is 5.41. The molecule has 0 aromatic heterocycles. The Morgan fingerprint density at radius 2 is 2.05 bits per heavy atom. The highest BCUT2D eigenvalue weighted by Crippen LogP contribution is 2.35. The van der Waals surface area contributed by atoms with E-state index in [1.54, 1.807) is 0 Å². The molecular weight excluding hydrogens is 236 g/mol. The summed E-state index contributed by atoms with van der Waals surface area (Å²) in [6.45, 7) is 5.26. The summed E-state index contributed by atoms with van der Waals surface area (Å²) in [5.74, 6) is 0.857. The van der Waals surface area contributed by atoms with E-state index in [1.807, 2.05) is 0 Å². The third-order valence-corrected chi connectivity index (χ3v) is 5.41. The van der Waals surface area contributed by atoms with Gasteiger partial charge in [0.15, 0.2) is 0 Å². The fraction of sp³-hybridized carbons (Fsp3) is 1.00. The maximum absolute atomic E-state index is 9.91. The summed E-state index contributed by atoms with van der Waals surface area (Å²) in [5, 5.41) is 13.7. The van der Waals surface area contributed by atoms with E-state index < -0.39 is 0 Å². The molecule has 3 fully saturated rings. The Morgan fingerprint density at radius 1 is 1.21 bits per heavy atom. The van der Waals surface area contributed by atoms with Crippen LogP contribution in [0.2, 0.25) is 0 Å². The third kappa shape index (κ3) is 3.32. The highest BCUT2D eigenvalue weighted by Gasteiger charge is 2.41. The van der Waals surface area contributed by atoms with Crippen LogP contribution in [0.25, 0.3) is 0 Å². The number of nitrogens with one attached hydrogen (secondary N) is 1. The minimum absolute atomic E-state index is 0.0325. The molecule has 110 valence electrons. The zero-order valence-corrected chi connectivity index (χ0v) is 12.4. The van der Waals surface area contributed by atoms with Gasteiger partial charge in [0.1, 0.15) is 0 Å². The summed E-state index contributed by atoms with van der Waals surface area (Å²) in [7, 11) is 0. The van der Waals surface area contributed by atoms with E-state index in [1.165, 1.54) is 58.0 Å². The molecule has 3 unspecified atom stereocenters. The van der Waals surface area contributed by atoms with Crippen LogP contribution in [0.1, 0.15) is 58.3 Å². The van der Waals surface area contributed by atoms with Crippen LogP contribution in [0.3, 0.4) is 0 Å². The second kappa shape index (κ2) is 5.71. The lowest BCUT2D eigenvalue weighted by molar-refractivity contribution is 0.0398. The van der Waals surface area contributed by atoms with Crippen molar-refractivity contribution < 1.29 is 5.11 Å². The standard InChI is InChI=1S/C16H30N2O/c1-13-4-3-9-18(11-13)15-5-2-8-16(10-15,12-19)17-14-6-7-14/h13-15,17,19H,2-12H2,1H3. The van der Waals surface area contributed by atoms with Crippen LogP contribution in [0.5, 0.6) is 0 Å². The van der Waals surface area contributed by atoms with E-state index >= 15 is 0 Å². The maximum atomic E-state index is 9.91. The molecule has 0 bridgehead atoms. The minimum atomic E-state index is 0.0325. The van der Waals surface area contributed by atoms with Crippen molar-refractivity contribution in [2.75, 3.05) is 19.7 Å². The molecule has 0 spiro atoms. The second-order valence-corrected chi connectivity index (χ2v) is 7.35. The second-order valence-electron chi connectivity index (χ2n) is 7.35. The average Bonchev–Trinajstić information content (AvgIpc) is 3.23. The number of aliphatic hydroxyl groups excluding tert-OH is 1. The SMILES string of the molecule is CC1CCCN(C2CCCC(CO)(NC3CC3)C2)C1. The number of rotatable bonds is 4. The van der Waals surface area contributed by atoms with Crippen LogP contribution in [-0.4, -0.2) is 47.3 Å². The van der Waals surface area contributed by atoms with Crippen LogP contribution in [-0.2, 0) is 0 Å². The molecule has 1 saturated heterocycles. The predicted octanol–water partition coefficient (Wildman–Crippen LogP) is 2.14. The van der Waals surface area contributed by atoms with Gasteiger partial charge in [0, 0.05) is 24.2 Å². The molecule has 0 radical (unpaired) electrons. The van der Waals surface area contributed by atoms with Gasteiger partial charge in [0.25, 0.3) is 0 Å². The smallest absolute Gasteiger partial charge is 0.0613 e. The number of piperidine rings is 1. The Balaban J connectivity index is 1.62. The summed E-state index contributed by atoms with van der Waals surface area (Å²) in [4.78, 5) is 2.71. The fourth-order valence-corrected chi connectivity index (χ4v) is 4.18. The molecule has 2 N–H and O–H groups in total. The van der Waals surface area contributed by atoms with Gasteiger partial charge in [0.2, 0.25) is 0 Å². The van der Waals surface area contributed by atoms with Crippen molar-refractivity contribution in [1.29, 1.82) is 0 Å². The van der Waals surface area contributed by atoms with Gasteiger partial charge < -0.3 is 15.3 Å². The van der Waals surface area contributed by atoms with Gasteiger partial charge in [-0.15, -0.1) is 0 Å². The molecule has 3 rings (SSSR count). The van der Waals surface area contributed by atoms with E-state index in [0.717, 1.165) is 12.3 Å². The highest BCUT2D eigenvalue weighted by atomic mass is 16.3. The van der Waals surface area contributed by atoms with Gasteiger partial charge >= 0.3 is 0 Å². The summed E-state index contributed by atoms with van der Waals surface area (Å²) < 4.78 is 0. The fourth-order valence-electron chi connectivity index (χ4n) is 4.18. The molecule has 3 aliphatic rings. The Hall–Kier alpha value is -0.120. The highest BCUT2D eigenvalue weighted by molar-refractivity contribution is 5.01. The van der Waals surface area contributed by atoms with Gasteiger partial charge in [-0.25, -0.2) is 0 Å². The van der Waals surface area contributed by atoms with E-state index in [2.05, 4.69) is 17.1 Å². The van der Waals surface area contributed by atoms with Crippen molar-refractivity contribution in [3.05, 3.63) is 0 Å². The maximum Gasteiger partial charge on any atom is 0.0613 e. The molecule has 0 aromatic carbocycles. The van der Waals surface area contributed by atoms with Crippen LogP contribution in [0.4, 0.5) is 0 Å². The van der Waals surface area contributed by atoms with Gasteiger partial charge in [-0.05, 0) is 63.8 Å². The first-order chi connectivity index (χ1) is 9.21. The number of likely N-dealkylation sites (tertiary alicyclic amines) is 1. The Morgan fingerprint density at radius 3 is 2.74 bits per heavy atom. The molecule has 0 amide bonds. The van der Waals surface area contributed by atoms with Crippen LogP contribution >= 0.6 is 0 Å². The Bertz CT molecular complexity index is 305. The molecule has 2 aliphatic carbocycles. The summed E-state index contributed by atoms with van der Waals surface area (Å²) in [6.07, 6.45) is 10.3. The van der Waals surface area contributed by atoms with Crippen LogP contribution in [0.15, 0.2) is 0 Å². The summed E-state index contributed by atoms with van der Waals surface area (Å²) in [6, 6.07) is 1.40. The quantitative estimate of drug-likeness (QED) is 0.818. The monoisotopic (exact) mass is 266 g/mol. The van der Waals surface area contributed by atoms with E-state index in [4.69, 9.17) is 0 Å². The lowest BCUT2D eigenvalue weighted by atomic mass is 9.78. The molecule has 19 heavy (non-hydrogen) atoms. The van der Waals surface area contributed by atoms with Crippen LogP contribution < -0.4 is 5.32 Å². The molecule has 3 heteroatoms. The Kier molecular flexibility index (Phi) is 4.16. The topological polar surface area (TPSA) is 35.5 Å². The first kappa shape index (κ1) is 13.8. The van der Waals surface area contributed by atoms with Crippen LogP contribution in [0, 0.1) is 5.92 Å². The molecule has 1 aliphatic heterocycles. The zero-order valence-electron chi connectivity index (χ0n) is 12.4. The normalized spacial score (nSPS) is 41.4. The predicted molar refractivity (Wildman–Crippen MR) is 78.2 cm³/mol. The van der Waals surface area contributed by atoms with E-state index in [0.29, 0.717) is 18.7 Å².